The van der Waals surface area contributed by atoms with Crippen molar-refractivity contribution in [3.63, 3.8) is 0 Å². The molecule has 5 rings (SSSR count). The van der Waals surface area contributed by atoms with E-state index in [1.165, 1.54) is 12.1 Å². The molecule has 0 radical (unpaired) electrons. The van der Waals surface area contributed by atoms with Crippen LogP contribution in [-0.2, 0) is 11.2 Å². The molecule has 0 saturated heterocycles. The number of anilines is 1. The molecule has 2 aliphatic rings. The van der Waals surface area contributed by atoms with Gasteiger partial charge in [-0.2, -0.15) is 0 Å². The van der Waals surface area contributed by atoms with Crippen LogP contribution in [0.5, 0.6) is 0 Å². The Bertz CT molecular complexity index is 1440. The topological polar surface area (TPSA) is 68.4 Å². The van der Waals surface area contributed by atoms with Crippen LogP contribution in [0.15, 0.2) is 36.4 Å². The maximum atomic E-state index is 14.8. The number of hydrogen-bond donors (Lipinski definition) is 2. The molecule has 2 aromatic carbocycles. The van der Waals surface area contributed by atoms with E-state index in [0.29, 0.717) is 46.7 Å². The number of carbonyl (C=O) groups is 2. The number of halogens is 2. The summed E-state index contributed by atoms with van der Waals surface area (Å²) < 4.78 is 28.8. The van der Waals surface area contributed by atoms with Gasteiger partial charge in [0.25, 0.3) is 11.8 Å². The molecule has 2 N–H and O–H groups in total. The highest BCUT2D eigenvalue weighted by Gasteiger charge is 2.31. The first kappa shape index (κ1) is 25.9. The molecular weight excluding hydrogens is 486 g/mol. The summed E-state index contributed by atoms with van der Waals surface area (Å²) in [7, 11) is 0. The first-order valence-corrected chi connectivity index (χ1v) is 13.2. The maximum absolute atomic E-state index is 14.8. The van der Waals surface area contributed by atoms with Crippen molar-refractivity contribution in [2.75, 3.05) is 38.0 Å². The third kappa shape index (κ3) is 4.53. The lowest BCUT2D eigenvalue weighted by atomic mass is 9.93. The zero-order chi connectivity index (χ0) is 27.0. The average Bonchev–Trinajstić information content (AvgIpc) is 3.34. The van der Waals surface area contributed by atoms with Crippen molar-refractivity contribution in [2.24, 2.45) is 0 Å². The number of hydrogen-bond acceptors (Lipinski definition) is 3. The van der Waals surface area contributed by atoms with E-state index in [2.05, 4.69) is 29.0 Å². The van der Waals surface area contributed by atoms with Crippen LogP contribution >= 0.6 is 0 Å². The number of likely N-dealkylation sites (N-methyl/N-ethyl adjacent to an activating group) is 1. The van der Waals surface area contributed by atoms with Gasteiger partial charge in [-0.1, -0.05) is 38.1 Å². The van der Waals surface area contributed by atoms with Gasteiger partial charge in [-0.15, -0.1) is 0 Å². The fourth-order valence-electron chi connectivity index (χ4n) is 5.49. The Balaban J connectivity index is 1.54. The van der Waals surface area contributed by atoms with Gasteiger partial charge in [-0.05, 0) is 62.2 Å². The molecule has 1 aromatic heterocycles. The first-order chi connectivity index (χ1) is 18.3. The number of aromatic amines is 1. The monoisotopic (exact) mass is 518 g/mol. The largest absolute Gasteiger partial charge is 0.358 e. The molecule has 8 heteroatoms. The number of aryl methyl sites for hydroxylation is 1. The third-order valence-corrected chi connectivity index (χ3v) is 7.66. The number of carbonyl (C=O) groups excluding carboxylic acids is 2. The van der Waals surface area contributed by atoms with Crippen LogP contribution in [0, 0.1) is 18.6 Å². The predicted molar refractivity (Wildman–Crippen MR) is 146 cm³/mol. The molecule has 198 valence electrons. The van der Waals surface area contributed by atoms with Gasteiger partial charge in [0.15, 0.2) is 11.6 Å². The Morgan fingerprint density at radius 1 is 1.03 bits per heavy atom. The molecule has 0 spiro atoms. The highest BCUT2D eigenvalue weighted by atomic mass is 19.2. The summed E-state index contributed by atoms with van der Waals surface area (Å²) in [5.74, 6) is -2.24. The number of fused-ring (bicyclic) bond motifs is 2. The summed E-state index contributed by atoms with van der Waals surface area (Å²) >= 11 is 0. The van der Waals surface area contributed by atoms with Crippen molar-refractivity contribution in [2.45, 2.75) is 33.6 Å². The predicted octanol–water partition coefficient (Wildman–Crippen LogP) is 5.49. The summed E-state index contributed by atoms with van der Waals surface area (Å²) in [6.07, 6.45) is 3.30. The zero-order valence-corrected chi connectivity index (χ0v) is 22.0. The van der Waals surface area contributed by atoms with E-state index in [0.717, 1.165) is 49.8 Å². The smallest absolute Gasteiger partial charge is 0.256 e. The van der Waals surface area contributed by atoms with Gasteiger partial charge in [0.1, 0.15) is 0 Å². The lowest BCUT2D eigenvalue weighted by Gasteiger charge is -2.25. The summed E-state index contributed by atoms with van der Waals surface area (Å²) in [6.45, 7) is 10.2. The molecule has 0 saturated carbocycles. The minimum atomic E-state index is -0.960. The van der Waals surface area contributed by atoms with Crippen LogP contribution in [0.1, 0.15) is 53.1 Å². The molecular formula is C30H32F2N4O2. The first-order valence-electron chi connectivity index (χ1n) is 13.2. The van der Waals surface area contributed by atoms with E-state index < -0.39 is 11.6 Å². The van der Waals surface area contributed by atoms with Crippen molar-refractivity contribution in [1.82, 2.24) is 14.8 Å². The maximum Gasteiger partial charge on any atom is 0.256 e. The van der Waals surface area contributed by atoms with Crippen molar-refractivity contribution in [1.29, 1.82) is 0 Å². The molecule has 0 bridgehead atoms. The van der Waals surface area contributed by atoms with Gasteiger partial charge in [-0.3, -0.25) is 9.59 Å². The van der Waals surface area contributed by atoms with Crippen molar-refractivity contribution < 1.29 is 18.4 Å². The van der Waals surface area contributed by atoms with Crippen LogP contribution in [0.2, 0.25) is 0 Å². The average molecular weight is 519 g/mol. The number of nitrogens with zero attached hydrogens (tertiary/aromatic N) is 2. The minimum absolute atomic E-state index is 0.00171. The second-order valence-corrected chi connectivity index (χ2v) is 9.78. The van der Waals surface area contributed by atoms with Crippen LogP contribution in [0.25, 0.3) is 22.8 Å². The Labute approximate surface area is 221 Å². The van der Waals surface area contributed by atoms with E-state index in [9.17, 15) is 18.4 Å². The van der Waals surface area contributed by atoms with Gasteiger partial charge in [0.05, 0.1) is 11.1 Å². The van der Waals surface area contributed by atoms with Gasteiger partial charge in [-0.25, -0.2) is 8.78 Å². The molecule has 3 heterocycles. The Morgan fingerprint density at radius 2 is 1.76 bits per heavy atom. The second-order valence-electron chi connectivity index (χ2n) is 9.78. The fraction of sp³-hybridized carbons (Fsp3) is 0.333. The Kier molecular flexibility index (Phi) is 7.17. The summed E-state index contributed by atoms with van der Waals surface area (Å²) in [5.41, 5.74) is 4.87. The van der Waals surface area contributed by atoms with Crippen LogP contribution in [-0.4, -0.2) is 59.3 Å². The fourth-order valence-corrected chi connectivity index (χ4v) is 5.49. The highest BCUT2D eigenvalue weighted by molar-refractivity contribution is 6.36. The standard InChI is InChI=1S/C30H32F2N4O2/c1-4-35(5-2)15-16-36-14-8-13-23-26(30(36)38)18(3)25(33-23)17-21-27-19(9-7-12-24(27)34-29(21)37)20-10-6-11-22(31)28(20)32/h6-7,9-12,17,33H,4-5,8,13-16H2,1-3H3,(H,34,37). The lowest BCUT2D eigenvalue weighted by molar-refractivity contribution is -0.110. The molecule has 0 aliphatic carbocycles. The lowest BCUT2D eigenvalue weighted by Crippen LogP contribution is -2.38. The van der Waals surface area contributed by atoms with Crippen LogP contribution < -0.4 is 5.32 Å². The molecule has 3 aromatic rings. The SMILES string of the molecule is CCN(CC)CCN1CCCc2[nH]c(C=C3C(=O)Nc4cccc(-c5cccc(F)c5F)c43)c(C)c2C1=O. The normalized spacial score (nSPS) is 16.2. The molecule has 0 fully saturated rings. The van der Waals surface area contributed by atoms with Gasteiger partial charge in [0.2, 0.25) is 0 Å². The Morgan fingerprint density at radius 3 is 2.53 bits per heavy atom. The van der Waals surface area contributed by atoms with Crippen molar-refractivity contribution in [3.05, 3.63) is 76.1 Å². The van der Waals surface area contributed by atoms with Crippen molar-refractivity contribution >= 4 is 29.2 Å². The van der Waals surface area contributed by atoms with Gasteiger partial charge < -0.3 is 20.1 Å². The molecule has 0 unspecified atom stereocenters. The molecule has 0 atom stereocenters. The molecule has 2 aliphatic heterocycles. The Hall–Kier alpha value is -3.78. The highest BCUT2D eigenvalue weighted by Crippen LogP contribution is 2.42. The van der Waals surface area contributed by atoms with E-state index in [1.54, 1.807) is 24.3 Å². The molecule has 38 heavy (non-hydrogen) atoms. The van der Waals surface area contributed by atoms with Gasteiger partial charge in [0, 0.05) is 47.8 Å². The molecule has 2 amide bonds. The quantitative estimate of drug-likeness (QED) is 0.407. The number of H-pyrrole nitrogens is 1. The minimum Gasteiger partial charge on any atom is -0.358 e. The number of amides is 2. The zero-order valence-electron chi connectivity index (χ0n) is 22.0. The van der Waals surface area contributed by atoms with Crippen LogP contribution in [0.4, 0.5) is 14.5 Å². The second kappa shape index (κ2) is 10.5. The van der Waals surface area contributed by atoms with Crippen molar-refractivity contribution in [3.8, 4) is 11.1 Å². The summed E-state index contributed by atoms with van der Waals surface area (Å²) in [4.78, 5) is 34.3. The van der Waals surface area contributed by atoms with E-state index in [4.69, 9.17) is 0 Å². The van der Waals surface area contributed by atoms with Gasteiger partial charge >= 0.3 is 0 Å². The third-order valence-electron chi connectivity index (χ3n) is 7.66. The number of benzene rings is 2. The van der Waals surface area contributed by atoms with E-state index in [1.807, 2.05) is 11.8 Å². The van der Waals surface area contributed by atoms with E-state index in [-0.39, 0.29) is 17.4 Å². The molecule has 6 nitrogen and oxygen atoms in total. The number of rotatable bonds is 7. The summed E-state index contributed by atoms with van der Waals surface area (Å²) in [5, 5.41) is 2.84. The number of aromatic nitrogens is 1. The van der Waals surface area contributed by atoms with Crippen LogP contribution in [0.3, 0.4) is 0 Å². The summed E-state index contributed by atoms with van der Waals surface area (Å²) in [6, 6.07) is 9.14. The number of nitrogens with one attached hydrogen (secondary N) is 2. The van der Waals surface area contributed by atoms with E-state index >= 15 is 0 Å².